The first kappa shape index (κ1) is 15.6. The average Bonchev–Trinajstić information content (AvgIpc) is 2.63. The monoisotopic (exact) mass is 292 g/mol. The maximum absolute atomic E-state index is 12.5. The van der Waals surface area contributed by atoms with Crippen LogP contribution in [0.4, 0.5) is 0 Å². The molecule has 0 saturated carbocycles. The number of nitrogens with zero attached hydrogens (tertiary/aromatic N) is 2. The van der Waals surface area contributed by atoms with E-state index in [1.165, 1.54) is 0 Å². The van der Waals surface area contributed by atoms with Crippen LogP contribution in [0, 0.1) is 0 Å². The van der Waals surface area contributed by atoms with Gasteiger partial charge in [0.15, 0.2) is 11.5 Å². The normalized spacial score (nSPS) is 14.9. The maximum Gasteiger partial charge on any atom is 0.241 e. The van der Waals surface area contributed by atoms with Gasteiger partial charge >= 0.3 is 0 Å². The highest BCUT2D eigenvalue weighted by atomic mass is 16.5. The summed E-state index contributed by atoms with van der Waals surface area (Å²) in [7, 11) is 5.22. The highest BCUT2D eigenvalue weighted by Gasteiger charge is 2.24. The summed E-state index contributed by atoms with van der Waals surface area (Å²) in [5.74, 6) is 1.54. The van der Waals surface area contributed by atoms with Gasteiger partial charge < -0.3 is 9.47 Å². The Kier molecular flexibility index (Phi) is 5.07. The van der Waals surface area contributed by atoms with Gasteiger partial charge in [0.25, 0.3) is 0 Å². The minimum Gasteiger partial charge on any atom is -0.493 e. The summed E-state index contributed by atoms with van der Waals surface area (Å²) in [6.07, 6.45) is 2.26. The fourth-order valence-corrected chi connectivity index (χ4v) is 2.77. The third-order valence-corrected chi connectivity index (χ3v) is 3.89. The van der Waals surface area contributed by atoms with Gasteiger partial charge in [-0.3, -0.25) is 9.80 Å². The lowest BCUT2D eigenvalue weighted by Gasteiger charge is -2.30. The van der Waals surface area contributed by atoms with Crippen LogP contribution in [0.2, 0.25) is 0 Å². The van der Waals surface area contributed by atoms with E-state index in [-0.39, 0.29) is 5.91 Å². The van der Waals surface area contributed by atoms with Crippen molar-refractivity contribution < 1.29 is 14.3 Å². The summed E-state index contributed by atoms with van der Waals surface area (Å²) in [5, 5.41) is 3.87. The Balaban J connectivity index is 2.27. The number of hydrogen-bond donors (Lipinski definition) is 0. The number of hydrogen-bond acceptors (Lipinski definition) is 4. The Bertz CT molecular complexity index is 516. The minimum absolute atomic E-state index is 0.136. The van der Waals surface area contributed by atoms with Crippen molar-refractivity contribution in [1.29, 1.82) is 0 Å². The molecule has 0 aromatic heterocycles. The van der Waals surface area contributed by atoms with Crippen molar-refractivity contribution in [2.45, 2.75) is 26.2 Å². The molecule has 1 heterocycles. The number of hydrazine groups is 1. The van der Waals surface area contributed by atoms with Crippen molar-refractivity contribution >= 4 is 5.91 Å². The predicted octanol–water partition coefficient (Wildman–Crippen LogP) is 1.89. The molecule has 0 N–H and O–H groups in total. The number of rotatable bonds is 5. The Morgan fingerprint density at radius 1 is 1.19 bits per heavy atom. The molecule has 21 heavy (non-hydrogen) atoms. The molecular formula is C16H24N2O3. The molecule has 1 aliphatic rings. The second kappa shape index (κ2) is 6.80. The molecule has 1 aromatic carbocycles. The first-order valence-electron chi connectivity index (χ1n) is 7.35. The molecular weight excluding hydrogens is 268 g/mol. The van der Waals surface area contributed by atoms with Crippen LogP contribution in [0.5, 0.6) is 11.5 Å². The van der Waals surface area contributed by atoms with Crippen molar-refractivity contribution in [3.8, 4) is 11.5 Å². The van der Waals surface area contributed by atoms with E-state index in [1.807, 2.05) is 29.2 Å². The number of amides is 1. The van der Waals surface area contributed by atoms with E-state index in [1.54, 1.807) is 14.2 Å². The second-order valence-corrected chi connectivity index (χ2v) is 5.30. The lowest BCUT2D eigenvalue weighted by atomic mass is 10.0. The van der Waals surface area contributed by atoms with Crippen LogP contribution >= 0.6 is 0 Å². The van der Waals surface area contributed by atoms with Gasteiger partial charge in [-0.05, 0) is 36.1 Å². The van der Waals surface area contributed by atoms with Gasteiger partial charge in [0.05, 0.1) is 20.6 Å². The molecule has 116 valence electrons. The zero-order valence-corrected chi connectivity index (χ0v) is 13.3. The van der Waals surface area contributed by atoms with Crippen molar-refractivity contribution in [3.63, 3.8) is 0 Å². The van der Waals surface area contributed by atoms with Gasteiger partial charge in [0.2, 0.25) is 5.91 Å². The van der Waals surface area contributed by atoms with Gasteiger partial charge in [-0.1, -0.05) is 6.92 Å². The van der Waals surface area contributed by atoms with Crippen LogP contribution in [0.1, 0.15) is 24.5 Å². The molecule has 0 fully saturated rings. The number of carbonyl (C=O) groups excluding carboxylic acids is 1. The number of fused-ring (bicyclic) bond motifs is 1. The van der Waals surface area contributed by atoms with Crippen LogP contribution in [-0.4, -0.2) is 50.3 Å². The molecule has 5 heteroatoms. The van der Waals surface area contributed by atoms with Crippen LogP contribution in [-0.2, 0) is 17.6 Å². The quantitative estimate of drug-likeness (QED) is 0.831. The van der Waals surface area contributed by atoms with Crippen LogP contribution in [0.3, 0.4) is 0 Å². The van der Waals surface area contributed by atoms with Crippen molar-refractivity contribution in [2.24, 2.45) is 0 Å². The van der Waals surface area contributed by atoms with Crippen molar-refractivity contribution in [3.05, 3.63) is 23.3 Å². The van der Waals surface area contributed by atoms with E-state index in [2.05, 4.69) is 6.92 Å². The topological polar surface area (TPSA) is 42.0 Å². The first-order valence-corrected chi connectivity index (χ1v) is 7.35. The minimum atomic E-state index is 0.136. The summed E-state index contributed by atoms with van der Waals surface area (Å²) >= 11 is 0. The maximum atomic E-state index is 12.5. The van der Waals surface area contributed by atoms with Gasteiger partial charge in [-0.2, -0.15) is 0 Å². The molecule has 0 unspecified atom stereocenters. The number of ether oxygens (including phenoxy) is 2. The molecule has 1 amide bonds. The molecule has 2 rings (SSSR count). The van der Waals surface area contributed by atoms with E-state index in [0.29, 0.717) is 18.7 Å². The van der Waals surface area contributed by atoms with Gasteiger partial charge in [-0.15, -0.1) is 0 Å². The van der Waals surface area contributed by atoms with E-state index in [4.69, 9.17) is 9.47 Å². The summed E-state index contributed by atoms with van der Waals surface area (Å²) in [4.78, 5) is 12.5. The fourth-order valence-electron chi connectivity index (χ4n) is 2.77. The smallest absolute Gasteiger partial charge is 0.241 e. The Labute approximate surface area is 126 Å². The zero-order valence-electron chi connectivity index (χ0n) is 13.3. The van der Waals surface area contributed by atoms with Gasteiger partial charge in [0, 0.05) is 20.1 Å². The van der Waals surface area contributed by atoms with Gasteiger partial charge in [0.1, 0.15) is 0 Å². The number of carbonyl (C=O) groups is 1. The predicted molar refractivity (Wildman–Crippen MR) is 81.6 cm³/mol. The van der Waals surface area contributed by atoms with Crippen molar-refractivity contribution in [2.75, 3.05) is 34.4 Å². The second-order valence-electron chi connectivity index (χ2n) is 5.30. The van der Waals surface area contributed by atoms with E-state index in [0.717, 1.165) is 36.3 Å². The fraction of sp³-hybridized carbons (Fsp3) is 0.562. The number of benzene rings is 1. The Morgan fingerprint density at radius 3 is 2.38 bits per heavy atom. The van der Waals surface area contributed by atoms with E-state index in [9.17, 15) is 4.79 Å². The Morgan fingerprint density at radius 2 is 1.81 bits per heavy atom. The first-order chi connectivity index (χ1) is 10.1. The van der Waals surface area contributed by atoms with Gasteiger partial charge in [-0.25, -0.2) is 5.01 Å². The zero-order chi connectivity index (χ0) is 15.4. The molecule has 0 atom stereocenters. The molecule has 0 saturated heterocycles. The van der Waals surface area contributed by atoms with E-state index < -0.39 is 0 Å². The molecule has 0 radical (unpaired) electrons. The lowest BCUT2D eigenvalue weighted by molar-refractivity contribution is -0.145. The summed E-state index contributed by atoms with van der Waals surface area (Å²) in [6.45, 7) is 3.70. The molecule has 0 bridgehead atoms. The third-order valence-electron chi connectivity index (χ3n) is 3.89. The molecule has 0 aliphatic carbocycles. The van der Waals surface area contributed by atoms with Crippen LogP contribution in [0.15, 0.2) is 12.1 Å². The lowest BCUT2D eigenvalue weighted by Crippen LogP contribution is -2.45. The molecule has 1 aliphatic heterocycles. The Hall–Kier alpha value is -1.75. The summed E-state index contributed by atoms with van der Waals surface area (Å²) < 4.78 is 10.7. The van der Waals surface area contributed by atoms with E-state index >= 15 is 0 Å². The number of methoxy groups -OCH3 is 2. The third kappa shape index (κ3) is 3.29. The highest BCUT2D eigenvalue weighted by Crippen LogP contribution is 2.32. The average molecular weight is 292 g/mol. The van der Waals surface area contributed by atoms with Crippen molar-refractivity contribution in [1.82, 2.24) is 10.0 Å². The highest BCUT2D eigenvalue weighted by molar-refractivity contribution is 5.79. The standard InChI is InChI=1S/C16H24N2O3/c1-5-7-17(2)18-8-6-12-9-14(20-3)15(21-4)10-13(12)11-16(18)19/h9-10H,5-8,11H2,1-4H3. The molecule has 5 nitrogen and oxygen atoms in total. The van der Waals surface area contributed by atoms with Crippen LogP contribution < -0.4 is 9.47 Å². The summed E-state index contributed by atoms with van der Waals surface area (Å²) in [5.41, 5.74) is 2.19. The SMILES string of the molecule is CCCN(C)N1CCc2cc(OC)c(OC)cc2CC1=O. The van der Waals surface area contributed by atoms with Crippen LogP contribution in [0.25, 0.3) is 0 Å². The molecule has 0 spiro atoms. The summed E-state index contributed by atoms with van der Waals surface area (Å²) in [6, 6.07) is 3.92. The molecule has 1 aromatic rings. The largest absolute Gasteiger partial charge is 0.493 e.